The van der Waals surface area contributed by atoms with Crippen molar-refractivity contribution < 1.29 is 9.53 Å². The van der Waals surface area contributed by atoms with Gasteiger partial charge in [-0.15, -0.1) is 12.4 Å². The van der Waals surface area contributed by atoms with Gasteiger partial charge >= 0.3 is 0 Å². The van der Waals surface area contributed by atoms with Gasteiger partial charge in [0.1, 0.15) is 6.10 Å². The molecule has 0 bridgehead atoms. The molecule has 4 nitrogen and oxygen atoms in total. The van der Waals surface area contributed by atoms with Crippen molar-refractivity contribution in [1.82, 2.24) is 5.32 Å². The summed E-state index contributed by atoms with van der Waals surface area (Å²) in [5.74, 6) is 0.705. The Morgan fingerprint density at radius 3 is 2.50 bits per heavy atom. The first-order chi connectivity index (χ1) is 8.02. The summed E-state index contributed by atoms with van der Waals surface area (Å²) in [6, 6.07) is 0.227. The number of nitrogens with two attached hydrogens (primary N) is 1. The molecule has 1 saturated heterocycles. The van der Waals surface area contributed by atoms with Gasteiger partial charge in [0.05, 0.1) is 6.10 Å². The number of rotatable bonds is 6. The average molecular weight is 279 g/mol. The smallest absolute Gasteiger partial charge is 0.249 e. The maximum Gasteiger partial charge on any atom is 0.249 e. The predicted molar refractivity (Wildman–Crippen MR) is 75.9 cm³/mol. The SMILES string of the molecule is CC(C)CCC(C)NC(=O)[C@@H]1CC[C@H](CN)O1.Cl. The molecule has 0 radical (unpaired) electrons. The highest BCUT2D eigenvalue weighted by Crippen LogP contribution is 2.19. The maximum atomic E-state index is 11.9. The lowest BCUT2D eigenvalue weighted by atomic mass is 10.0. The monoisotopic (exact) mass is 278 g/mol. The molecule has 1 unspecified atom stereocenters. The van der Waals surface area contributed by atoms with E-state index in [1.165, 1.54) is 0 Å². The second-order valence-corrected chi connectivity index (χ2v) is 5.44. The number of nitrogens with one attached hydrogen (secondary N) is 1. The van der Waals surface area contributed by atoms with Gasteiger partial charge in [-0.05, 0) is 38.5 Å². The van der Waals surface area contributed by atoms with Gasteiger partial charge in [-0.25, -0.2) is 0 Å². The molecule has 0 aromatic rings. The summed E-state index contributed by atoms with van der Waals surface area (Å²) in [7, 11) is 0. The number of ether oxygens (including phenoxy) is 1. The lowest BCUT2D eigenvalue weighted by Crippen LogP contribution is -2.40. The van der Waals surface area contributed by atoms with Gasteiger partial charge in [0.15, 0.2) is 0 Å². The first-order valence-corrected chi connectivity index (χ1v) is 6.68. The third-order valence-electron chi connectivity index (χ3n) is 3.23. The van der Waals surface area contributed by atoms with Crippen molar-refractivity contribution >= 4 is 18.3 Å². The van der Waals surface area contributed by atoms with Crippen LogP contribution in [0.2, 0.25) is 0 Å². The van der Waals surface area contributed by atoms with Crippen LogP contribution in [0.15, 0.2) is 0 Å². The highest BCUT2D eigenvalue weighted by Gasteiger charge is 2.30. The van der Waals surface area contributed by atoms with Crippen molar-refractivity contribution in [2.75, 3.05) is 6.54 Å². The topological polar surface area (TPSA) is 64.4 Å². The van der Waals surface area contributed by atoms with E-state index in [4.69, 9.17) is 10.5 Å². The summed E-state index contributed by atoms with van der Waals surface area (Å²) in [6.07, 6.45) is 3.63. The van der Waals surface area contributed by atoms with Gasteiger partial charge < -0.3 is 15.8 Å². The van der Waals surface area contributed by atoms with E-state index >= 15 is 0 Å². The minimum Gasteiger partial charge on any atom is -0.364 e. The molecular weight excluding hydrogens is 252 g/mol. The van der Waals surface area contributed by atoms with E-state index in [1.807, 2.05) is 0 Å². The summed E-state index contributed by atoms with van der Waals surface area (Å²) in [6.45, 7) is 6.95. The molecule has 1 aliphatic heterocycles. The van der Waals surface area contributed by atoms with Gasteiger partial charge in [-0.1, -0.05) is 13.8 Å². The van der Waals surface area contributed by atoms with Crippen LogP contribution in [0, 0.1) is 5.92 Å². The molecule has 0 saturated carbocycles. The fourth-order valence-corrected chi connectivity index (χ4v) is 2.06. The van der Waals surface area contributed by atoms with Crippen molar-refractivity contribution in [3.8, 4) is 0 Å². The van der Waals surface area contributed by atoms with E-state index in [-0.39, 0.29) is 36.6 Å². The van der Waals surface area contributed by atoms with Gasteiger partial charge in [-0.2, -0.15) is 0 Å². The lowest BCUT2D eigenvalue weighted by Gasteiger charge is -2.18. The molecule has 108 valence electrons. The van der Waals surface area contributed by atoms with Crippen molar-refractivity contribution in [3.63, 3.8) is 0 Å². The molecule has 1 amide bonds. The molecule has 1 heterocycles. The Morgan fingerprint density at radius 2 is 2.00 bits per heavy atom. The van der Waals surface area contributed by atoms with Gasteiger partial charge in [-0.3, -0.25) is 4.79 Å². The zero-order chi connectivity index (χ0) is 12.8. The average Bonchev–Trinajstić information content (AvgIpc) is 2.74. The van der Waals surface area contributed by atoms with E-state index in [0.717, 1.165) is 25.7 Å². The number of amides is 1. The van der Waals surface area contributed by atoms with Crippen LogP contribution in [-0.2, 0) is 9.53 Å². The molecule has 0 aromatic carbocycles. The fourth-order valence-electron chi connectivity index (χ4n) is 2.06. The van der Waals surface area contributed by atoms with E-state index in [9.17, 15) is 4.79 Å². The van der Waals surface area contributed by atoms with Crippen molar-refractivity contribution in [3.05, 3.63) is 0 Å². The van der Waals surface area contributed by atoms with Crippen LogP contribution >= 0.6 is 12.4 Å². The largest absolute Gasteiger partial charge is 0.364 e. The van der Waals surface area contributed by atoms with Crippen LogP contribution < -0.4 is 11.1 Å². The Morgan fingerprint density at radius 1 is 1.33 bits per heavy atom. The first-order valence-electron chi connectivity index (χ1n) is 6.68. The zero-order valence-electron chi connectivity index (χ0n) is 11.6. The second kappa shape index (κ2) is 8.73. The van der Waals surface area contributed by atoms with Crippen LogP contribution in [0.25, 0.3) is 0 Å². The summed E-state index contributed by atoms with van der Waals surface area (Å²) in [5.41, 5.74) is 5.52. The molecule has 1 aliphatic rings. The van der Waals surface area contributed by atoms with E-state index in [0.29, 0.717) is 12.5 Å². The van der Waals surface area contributed by atoms with Crippen LogP contribution in [0.1, 0.15) is 46.5 Å². The minimum absolute atomic E-state index is 0. The third-order valence-corrected chi connectivity index (χ3v) is 3.23. The van der Waals surface area contributed by atoms with Crippen LogP contribution in [-0.4, -0.2) is 30.7 Å². The number of hydrogen-bond donors (Lipinski definition) is 2. The molecule has 0 spiro atoms. The quantitative estimate of drug-likeness (QED) is 0.779. The highest BCUT2D eigenvalue weighted by molar-refractivity contribution is 5.85. The molecule has 5 heteroatoms. The normalized spacial score (nSPS) is 24.7. The Labute approximate surface area is 116 Å². The number of halogens is 1. The molecule has 0 aliphatic carbocycles. The maximum absolute atomic E-state index is 11.9. The summed E-state index contributed by atoms with van der Waals surface area (Å²) < 4.78 is 5.56. The Kier molecular flexibility index (Phi) is 8.57. The van der Waals surface area contributed by atoms with Crippen molar-refractivity contribution in [2.45, 2.75) is 64.7 Å². The van der Waals surface area contributed by atoms with Crippen LogP contribution in [0.5, 0.6) is 0 Å². The zero-order valence-corrected chi connectivity index (χ0v) is 12.5. The highest BCUT2D eigenvalue weighted by atomic mass is 35.5. The van der Waals surface area contributed by atoms with Gasteiger partial charge in [0.25, 0.3) is 0 Å². The second-order valence-electron chi connectivity index (χ2n) is 5.44. The van der Waals surface area contributed by atoms with Crippen molar-refractivity contribution in [2.24, 2.45) is 11.7 Å². The standard InChI is InChI=1S/C13H26N2O2.ClH/c1-9(2)4-5-10(3)15-13(16)12-7-6-11(8-14)17-12;/h9-12H,4-8,14H2,1-3H3,(H,15,16);1H/t10?,11-,12+;/m1./s1. The minimum atomic E-state index is -0.287. The Bertz CT molecular complexity index is 249. The Hall–Kier alpha value is -0.320. The summed E-state index contributed by atoms with van der Waals surface area (Å²) in [5, 5.41) is 3.02. The lowest BCUT2D eigenvalue weighted by molar-refractivity contribution is -0.132. The van der Waals surface area contributed by atoms with Crippen LogP contribution in [0.3, 0.4) is 0 Å². The Balaban J connectivity index is 0.00000289. The van der Waals surface area contributed by atoms with E-state index in [2.05, 4.69) is 26.1 Å². The molecule has 1 fully saturated rings. The van der Waals surface area contributed by atoms with Gasteiger partial charge in [0, 0.05) is 12.6 Å². The fraction of sp³-hybridized carbons (Fsp3) is 0.923. The number of hydrogen-bond acceptors (Lipinski definition) is 3. The molecule has 18 heavy (non-hydrogen) atoms. The molecular formula is C13H27ClN2O2. The van der Waals surface area contributed by atoms with Crippen molar-refractivity contribution in [1.29, 1.82) is 0 Å². The summed E-state index contributed by atoms with van der Waals surface area (Å²) >= 11 is 0. The number of carbonyl (C=O) groups excluding carboxylic acids is 1. The van der Waals surface area contributed by atoms with E-state index < -0.39 is 0 Å². The third kappa shape index (κ3) is 6.03. The predicted octanol–water partition coefficient (Wildman–Crippen LogP) is 1.86. The first kappa shape index (κ1) is 17.7. The summed E-state index contributed by atoms with van der Waals surface area (Å²) in [4.78, 5) is 11.9. The van der Waals surface area contributed by atoms with E-state index in [1.54, 1.807) is 0 Å². The molecule has 0 aromatic heterocycles. The van der Waals surface area contributed by atoms with Crippen LogP contribution in [0.4, 0.5) is 0 Å². The molecule has 3 N–H and O–H groups in total. The molecule has 1 rings (SSSR count). The van der Waals surface area contributed by atoms with Gasteiger partial charge in [0.2, 0.25) is 5.91 Å². The molecule has 3 atom stereocenters. The number of carbonyl (C=O) groups is 1.